The molecule has 1 aliphatic rings. The third-order valence-electron chi connectivity index (χ3n) is 9.02. The molecule has 202 valence electrons. The van der Waals surface area contributed by atoms with Gasteiger partial charge in [-0.15, -0.1) is 0 Å². The number of furan rings is 1. The van der Waals surface area contributed by atoms with Crippen LogP contribution in [0.1, 0.15) is 10.9 Å². The number of anilines is 1. The molecule has 0 radical (unpaired) electrons. The Labute approximate surface area is 251 Å². The summed E-state index contributed by atoms with van der Waals surface area (Å²) in [6.45, 7) is 0. The molecule has 43 heavy (non-hydrogen) atoms. The molecule has 1 aliphatic heterocycles. The molecule has 0 amide bonds. The van der Waals surface area contributed by atoms with E-state index in [0.29, 0.717) is 0 Å². The largest absolute Gasteiger partial charge is 0.456 e. The number of para-hydroxylation sites is 2. The van der Waals surface area contributed by atoms with E-state index >= 15 is 0 Å². The molecule has 0 bridgehead atoms. The second kappa shape index (κ2) is 8.66. The summed E-state index contributed by atoms with van der Waals surface area (Å²) in [6, 6.07) is 48.2. The van der Waals surface area contributed by atoms with Crippen LogP contribution < -0.4 is 5.32 Å². The summed E-state index contributed by atoms with van der Waals surface area (Å²) in [5.41, 5.74) is 7.97. The van der Waals surface area contributed by atoms with Gasteiger partial charge in [0.05, 0.1) is 16.7 Å². The molecule has 0 aliphatic carbocycles. The summed E-state index contributed by atoms with van der Waals surface area (Å²) in [4.78, 5) is 1.26. The fourth-order valence-corrected chi connectivity index (χ4v) is 8.43. The number of thioether (sulfide) groups is 1. The summed E-state index contributed by atoms with van der Waals surface area (Å²) in [5, 5.41) is 13.9. The van der Waals surface area contributed by atoms with E-state index in [1.165, 1.54) is 70.3 Å². The molecule has 1 N–H and O–H groups in total. The number of hydrogen-bond donors (Lipinski definition) is 1. The predicted octanol–water partition coefficient (Wildman–Crippen LogP) is 11.2. The number of benzene rings is 7. The Kier molecular flexibility index (Phi) is 4.71. The lowest BCUT2D eigenvalue weighted by Crippen LogP contribution is -2.04. The first kappa shape index (κ1) is 23.4. The molecular formula is C39H24N2OS. The Morgan fingerprint density at radius 3 is 2.16 bits per heavy atom. The summed E-state index contributed by atoms with van der Waals surface area (Å²) in [7, 11) is 0. The average molecular weight is 569 g/mol. The zero-order valence-corrected chi connectivity index (χ0v) is 23.9. The van der Waals surface area contributed by atoms with Gasteiger partial charge in [0.25, 0.3) is 0 Å². The lowest BCUT2D eigenvalue weighted by molar-refractivity contribution is 0.668. The number of aromatic nitrogens is 1. The van der Waals surface area contributed by atoms with Gasteiger partial charge >= 0.3 is 0 Å². The van der Waals surface area contributed by atoms with Crippen LogP contribution in [-0.4, -0.2) is 4.57 Å². The van der Waals surface area contributed by atoms with Gasteiger partial charge in [-0.05, 0) is 64.2 Å². The number of nitrogens with one attached hydrogen (secondary N) is 1. The zero-order chi connectivity index (χ0) is 28.1. The minimum Gasteiger partial charge on any atom is -0.456 e. The van der Waals surface area contributed by atoms with Crippen LogP contribution in [0.15, 0.2) is 143 Å². The Hall–Kier alpha value is -5.19. The van der Waals surface area contributed by atoms with Crippen LogP contribution in [0.2, 0.25) is 0 Å². The molecular weight excluding hydrogens is 545 g/mol. The molecule has 10 rings (SSSR count). The van der Waals surface area contributed by atoms with Crippen molar-refractivity contribution in [3.63, 3.8) is 0 Å². The Bertz CT molecular complexity index is 2590. The topological polar surface area (TPSA) is 30.1 Å². The fourth-order valence-electron chi connectivity index (χ4n) is 7.10. The average Bonchev–Trinajstić information content (AvgIpc) is 3.75. The molecule has 0 fully saturated rings. The van der Waals surface area contributed by atoms with E-state index in [4.69, 9.17) is 4.42 Å². The van der Waals surface area contributed by atoms with Crippen molar-refractivity contribution in [1.29, 1.82) is 0 Å². The SMILES string of the molecule is c1ccc2cc3c(cc2c1)c1ccccc1n3-c1ccc(C2Nc3ccc4oc5ccccc5c4c3S2)c2ccccc12. The first-order valence-corrected chi connectivity index (χ1v) is 15.5. The van der Waals surface area contributed by atoms with E-state index in [1.54, 1.807) is 0 Å². The fraction of sp³-hybridized carbons (Fsp3) is 0.0256. The van der Waals surface area contributed by atoms with Crippen molar-refractivity contribution in [2.24, 2.45) is 0 Å². The first-order chi connectivity index (χ1) is 21.3. The molecule has 0 saturated carbocycles. The third kappa shape index (κ3) is 3.27. The van der Waals surface area contributed by atoms with Gasteiger partial charge in [-0.2, -0.15) is 0 Å². The Balaban J connectivity index is 1.18. The van der Waals surface area contributed by atoms with E-state index in [9.17, 15) is 0 Å². The van der Waals surface area contributed by atoms with Crippen LogP contribution in [0.3, 0.4) is 0 Å². The predicted molar refractivity (Wildman–Crippen MR) is 182 cm³/mol. The van der Waals surface area contributed by atoms with E-state index in [-0.39, 0.29) is 5.37 Å². The Morgan fingerprint density at radius 2 is 1.28 bits per heavy atom. The number of hydrogen-bond acceptors (Lipinski definition) is 3. The highest BCUT2D eigenvalue weighted by Gasteiger charge is 2.28. The van der Waals surface area contributed by atoms with Crippen LogP contribution >= 0.6 is 11.8 Å². The highest BCUT2D eigenvalue weighted by Crippen LogP contribution is 2.53. The standard InChI is InChI=1S/C39H24N2OS/c1-2-10-24-22-34-30(21-23(24)9-1)27-13-5-7-15-32(27)41(34)33-19-17-28(25-11-3-4-12-26(25)33)39-40-31-18-20-36-37(38(31)43-39)29-14-6-8-16-35(29)42-36/h1-22,39-40H. The van der Waals surface area contributed by atoms with Gasteiger partial charge in [-0.1, -0.05) is 103 Å². The lowest BCUT2D eigenvalue weighted by Gasteiger charge is -2.18. The smallest absolute Gasteiger partial charge is 0.136 e. The van der Waals surface area contributed by atoms with Crippen molar-refractivity contribution in [3.05, 3.63) is 139 Å². The minimum absolute atomic E-state index is 0.0929. The lowest BCUT2D eigenvalue weighted by atomic mass is 10.0. The van der Waals surface area contributed by atoms with Crippen molar-refractivity contribution in [3.8, 4) is 5.69 Å². The van der Waals surface area contributed by atoms with Gasteiger partial charge in [0.2, 0.25) is 0 Å². The second-order valence-corrected chi connectivity index (χ2v) is 12.5. The van der Waals surface area contributed by atoms with Gasteiger partial charge in [-0.25, -0.2) is 0 Å². The molecule has 0 spiro atoms. The summed E-state index contributed by atoms with van der Waals surface area (Å²) in [6.07, 6.45) is 0. The first-order valence-electron chi connectivity index (χ1n) is 14.6. The van der Waals surface area contributed by atoms with Gasteiger partial charge in [0, 0.05) is 37.5 Å². The molecule has 1 unspecified atom stereocenters. The van der Waals surface area contributed by atoms with Crippen LogP contribution in [-0.2, 0) is 0 Å². The van der Waals surface area contributed by atoms with Crippen molar-refractivity contribution in [1.82, 2.24) is 4.57 Å². The normalized spacial score (nSPS) is 14.8. The maximum Gasteiger partial charge on any atom is 0.136 e. The maximum atomic E-state index is 6.20. The number of nitrogens with zero attached hydrogens (tertiary/aromatic N) is 1. The number of fused-ring (bicyclic) bond motifs is 10. The highest BCUT2D eigenvalue weighted by molar-refractivity contribution is 8.00. The molecule has 4 heteroatoms. The van der Waals surface area contributed by atoms with Crippen LogP contribution in [0.4, 0.5) is 5.69 Å². The summed E-state index contributed by atoms with van der Waals surface area (Å²) >= 11 is 1.89. The third-order valence-corrected chi connectivity index (χ3v) is 10.3. The van der Waals surface area contributed by atoms with Crippen LogP contribution in [0.25, 0.3) is 71.0 Å². The zero-order valence-electron chi connectivity index (χ0n) is 23.0. The minimum atomic E-state index is 0.0929. The van der Waals surface area contributed by atoms with Gasteiger partial charge in [0.1, 0.15) is 16.5 Å². The van der Waals surface area contributed by atoms with Gasteiger partial charge < -0.3 is 14.3 Å². The maximum absolute atomic E-state index is 6.20. The quantitative estimate of drug-likeness (QED) is 0.225. The summed E-state index contributed by atoms with van der Waals surface area (Å²) < 4.78 is 8.65. The van der Waals surface area contributed by atoms with Gasteiger partial charge in [-0.3, -0.25) is 0 Å². The monoisotopic (exact) mass is 568 g/mol. The van der Waals surface area contributed by atoms with Crippen molar-refractivity contribution in [2.45, 2.75) is 10.3 Å². The number of rotatable bonds is 2. The van der Waals surface area contributed by atoms with Gasteiger partial charge in [0.15, 0.2) is 0 Å². The van der Waals surface area contributed by atoms with Crippen LogP contribution in [0.5, 0.6) is 0 Å². The van der Waals surface area contributed by atoms with E-state index < -0.39 is 0 Å². The van der Waals surface area contributed by atoms with Crippen molar-refractivity contribution in [2.75, 3.05) is 5.32 Å². The molecule has 1 atom stereocenters. The highest BCUT2D eigenvalue weighted by atomic mass is 32.2. The van der Waals surface area contributed by atoms with E-state index in [1.807, 2.05) is 17.8 Å². The second-order valence-electron chi connectivity index (χ2n) is 11.3. The van der Waals surface area contributed by atoms with Crippen molar-refractivity contribution < 1.29 is 4.42 Å². The van der Waals surface area contributed by atoms with E-state index in [2.05, 4.69) is 137 Å². The Morgan fingerprint density at radius 1 is 0.558 bits per heavy atom. The molecule has 7 aromatic carbocycles. The molecule has 2 aromatic heterocycles. The molecule has 3 heterocycles. The molecule has 0 saturated heterocycles. The van der Waals surface area contributed by atoms with E-state index in [0.717, 1.165) is 16.9 Å². The van der Waals surface area contributed by atoms with Crippen LogP contribution in [0, 0.1) is 0 Å². The van der Waals surface area contributed by atoms with Crippen molar-refractivity contribution >= 4 is 82.7 Å². The molecule has 9 aromatic rings. The molecule has 3 nitrogen and oxygen atoms in total. The summed E-state index contributed by atoms with van der Waals surface area (Å²) in [5.74, 6) is 0.